The Morgan fingerprint density at radius 1 is 0.857 bits per heavy atom. The van der Waals surface area contributed by atoms with Crippen molar-refractivity contribution in [2.45, 2.75) is 44.1 Å². The summed E-state index contributed by atoms with van der Waals surface area (Å²) in [7, 11) is 1.25. The molecule has 2 amide bonds. The van der Waals surface area contributed by atoms with E-state index in [9.17, 15) is 24.3 Å². The van der Waals surface area contributed by atoms with Gasteiger partial charge < -0.3 is 25.2 Å². The molecule has 0 radical (unpaired) electrons. The minimum Gasteiger partial charge on any atom is -0.481 e. The van der Waals surface area contributed by atoms with Gasteiger partial charge in [0.2, 0.25) is 5.91 Å². The number of carboxylic acids is 1. The number of rotatable bonds is 9. The summed E-state index contributed by atoms with van der Waals surface area (Å²) in [6.45, 7) is 0.117. The summed E-state index contributed by atoms with van der Waals surface area (Å²) in [5.41, 5.74) is 5.67. The van der Waals surface area contributed by atoms with Crippen molar-refractivity contribution in [1.82, 2.24) is 5.32 Å². The SMILES string of the molecule is COC(=O)[C@H](Cc1ccc(NC(=O)[C@@H]2CCCC[C@@H]2C(=O)O)cc1)NC(=O)OCC1c2ccccc2-c2ccccc21. The van der Waals surface area contributed by atoms with Crippen LogP contribution < -0.4 is 10.6 Å². The fraction of sp³-hybridized carbons (Fsp3) is 0.333. The number of ether oxygens (including phenoxy) is 2. The van der Waals surface area contributed by atoms with E-state index in [1.54, 1.807) is 24.3 Å². The Hall–Kier alpha value is -4.66. The Bertz CT molecular complexity index is 1420. The topological polar surface area (TPSA) is 131 Å². The summed E-state index contributed by atoms with van der Waals surface area (Å²) in [5.74, 6) is -3.22. The van der Waals surface area contributed by atoms with Gasteiger partial charge in [0.25, 0.3) is 0 Å². The highest BCUT2D eigenvalue weighted by molar-refractivity contribution is 5.95. The van der Waals surface area contributed by atoms with Gasteiger partial charge in [0.15, 0.2) is 0 Å². The number of methoxy groups -OCH3 is 1. The summed E-state index contributed by atoms with van der Waals surface area (Å²) in [5, 5.41) is 14.9. The molecule has 9 nitrogen and oxygen atoms in total. The van der Waals surface area contributed by atoms with Crippen LogP contribution in [0.3, 0.4) is 0 Å². The van der Waals surface area contributed by atoms with Crippen LogP contribution in [0.5, 0.6) is 0 Å². The molecule has 2 aliphatic carbocycles. The molecule has 0 saturated heterocycles. The van der Waals surface area contributed by atoms with Crippen LogP contribution in [0.4, 0.5) is 10.5 Å². The molecule has 42 heavy (non-hydrogen) atoms. The van der Waals surface area contributed by atoms with E-state index in [2.05, 4.69) is 22.8 Å². The van der Waals surface area contributed by atoms with Gasteiger partial charge in [-0.1, -0.05) is 73.5 Å². The molecular formula is C33H34N2O7. The predicted molar refractivity (Wildman–Crippen MR) is 156 cm³/mol. The third kappa shape index (κ3) is 6.30. The van der Waals surface area contributed by atoms with E-state index >= 15 is 0 Å². The molecule has 0 spiro atoms. The molecule has 9 heteroatoms. The number of amides is 2. The molecule has 0 aromatic heterocycles. The molecule has 2 aliphatic rings. The lowest BCUT2D eigenvalue weighted by atomic mass is 9.78. The smallest absolute Gasteiger partial charge is 0.407 e. The molecule has 1 fully saturated rings. The van der Waals surface area contributed by atoms with E-state index in [-0.39, 0.29) is 24.9 Å². The maximum absolute atomic E-state index is 12.8. The van der Waals surface area contributed by atoms with Gasteiger partial charge in [-0.2, -0.15) is 0 Å². The van der Waals surface area contributed by atoms with Crippen LogP contribution in [-0.2, 0) is 30.3 Å². The Balaban J connectivity index is 1.19. The summed E-state index contributed by atoms with van der Waals surface area (Å²) < 4.78 is 10.5. The zero-order valence-electron chi connectivity index (χ0n) is 23.4. The number of hydrogen-bond donors (Lipinski definition) is 3. The number of aliphatic carboxylic acids is 1. The fourth-order valence-corrected chi connectivity index (χ4v) is 6.05. The van der Waals surface area contributed by atoms with Gasteiger partial charge in [0.05, 0.1) is 18.9 Å². The average molecular weight is 571 g/mol. The van der Waals surface area contributed by atoms with Gasteiger partial charge in [-0.15, -0.1) is 0 Å². The molecule has 218 valence electrons. The Morgan fingerprint density at radius 2 is 1.45 bits per heavy atom. The third-order valence-electron chi connectivity index (χ3n) is 8.20. The van der Waals surface area contributed by atoms with Crippen LogP contribution in [0.25, 0.3) is 11.1 Å². The molecule has 0 aliphatic heterocycles. The van der Waals surface area contributed by atoms with Crippen LogP contribution in [0.1, 0.15) is 48.3 Å². The number of hydrogen-bond acceptors (Lipinski definition) is 6. The third-order valence-corrected chi connectivity index (χ3v) is 8.20. The summed E-state index contributed by atoms with van der Waals surface area (Å²) in [6, 6.07) is 21.9. The number of anilines is 1. The Labute approximate surface area is 244 Å². The first-order valence-electron chi connectivity index (χ1n) is 14.2. The van der Waals surface area contributed by atoms with E-state index in [0.717, 1.165) is 40.7 Å². The van der Waals surface area contributed by atoms with Crippen molar-refractivity contribution in [3.63, 3.8) is 0 Å². The second kappa shape index (κ2) is 12.9. The van der Waals surface area contributed by atoms with Crippen molar-refractivity contribution >= 4 is 29.6 Å². The standard InChI is InChI=1S/C33H34N2O7/c1-41-32(39)29(18-20-14-16-21(17-15-20)34-30(36)26-12-6-7-13-27(26)31(37)38)35-33(40)42-19-28-24-10-4-2-8-22(24)23-9-3-5-11-25(23)28/h2-5,8-11,14-17,26-29H,6-7,12-13,18-19H2,1H3,(H,34,36)(H,35,40)(H,37,38)/t26-,27+,29+/m1/s1. The number of benzene rings is 3. The van der Waals surface area contributed by atoms with Crippen LogP contribution in [0.15, 0.2) is 72.8 Å². The van der Waals surface area contributed by atoms with Gasteiger partial charge in [-0.05, 0) is 52.8 Å². The number of carbonyl (C=O) groups is 4. The van der Waals surface area contributed by atoms with Crippen LogP contribution >= 0.6 is 0 Å². The average Bonchev–Trinajstić information content (AvgIpc) is 3.33. The van der Waals surface area contributed by atoms with Gasteiger partial charge in [-0.3, -0.25) is 9.59 Å². The highest BCUT2D eigenvalue weighted by Gasteiger charge is 2.36. The molecular weight excluding hydrogens is 536 g/mol. The molecule has 1 saturated carbocycles. The number of esters is 1. The summed E-state index contributed by atoms with van der Waals surface area (Å²) >= 11 is 0. The normalized spacial score (nSPS) is 18.2. The van der Waals surface area contributed by atoms with Crippen molar-refractivity contribution in [3.05, 3.63) is 89.5 Å². The summed E-state index contributed by atoms with van der Waals surface area (Å²) in [6.07, 6.45) is 2.10. The van der Waals surface area contributed by atoms with Gasteiger partial charge >= 0.3 is 18.0 Å². The quantitative estimate of drug-likeness (QED) is 0.304. The minimum atomic E-state index is -0.982. The van der Waals surface area contributed by atoms with E-state index in [0.29, 0.717) is 18.5 Å². The lowest BCUT2D eigenvalue weighted by Gasteiger charge is -2.27. The number of carbonyl (C=O) groups excluding carboxylic acids is 3. The molecule has 0 heterocycles. The lowest BCUT2D eigenvalue weighted by molar-refractivity contribution is -0.147. The largest absolute Gasteiger partial charge is 0.481 e. The van der Waals surface area contributed by atoms with Gasteiger partial charge in [0, 0.05) is 18.0 Å². The maximum Gasteiger partial charge on any atom is 0.407 e. The van der Waals surface area contributed by atoms with E-state index in [1.165, 1.54) is 7.11 Å². The van der Waals surface area contributed by atoms with E-state index < -0.39 is 35.9 Å². The number of alkyl carbamates (subject to hydrolysis) is 1. The minimum absolute atomic E-state index is 0.109. The molecule has 3 aromatic carbocycles. The second-order valence-electron chi connectivity index (χ2n) is 10.8. The lowest BCUT2D eigenvalue weighted by Crippen LogP contribution is -2.43. The first-order chi connectivity index (χ1) is 20.4. The van der Waals surface area contributed by atoms with Gasteiger partial charge in [0.1, 0.15) is 12.6 Å². The van der Waals surface area contributed by atoms with E-state index in [4.69, 9.17) is 9.47 Å². The number of nitrogens with one attached hydrogen (secondary N) is 2. The van der Waals surface area contributed by atoms with Crippen molar-refractivity contribution < 1.29 is 33.8 Å². The fourth-order valence-electron chi connectivity index (χ4n) is 6.05. The monoisotopic (exact) mass is 570 g/mol. The van der Waals surface area contributed by atoms with Crippen molar-refractivity contribution in [3.8, 4) is 11.1 Å². The van der Waals surface area contributed by atoms with E-state index in [1.807, 2.05) is 36.4 Å². The maximum atomic E-state index is 12.8. The van der Waals surface area contributed by atoms with Crippen LogP contribution in [0, 0.1) is 11.8 Å². The first-order valence-corrected chi connectivity index (χ1v) is 14.2. The van der Waals surface area contributed by atoms with Crippen molar-refractivity contribution in [2.24, 2.45) is 11.8 Å². The van der Waals surface area contributed by atoms with Crippen molar-refractivity contribution in [1.29, 1.82) is 0 Å². The van der Waals surface area contributed by atoms with Gasteiger partial charge in [-0.25, -0.2) is 9.59 Å². The predicted octanol–water partition coefficient (Wildman–Crippen LogP) is 5.14. The number of carboxylic acid groups (broad SMARTS) is 1. The molecule has 3 N–H and O–H groups in total. The van der Waals surface area contributed by atoms with Crippen LogP contribution in [-0.4, -0.2) is 48.8 Å². The first kappa shape index (κ1) is 28.9. The zero-order valence-corrected chi connectivity index (χ0v) is 23.4. The molecule has 5 rings (SSSR count). The molecule has 0 bridgehead atoms. The number of fused-ring (bicyclic) bond motifs is 3. The highest BCUT2D eigenvalue weighted by Crippen LogP contribution is 2.44. The van der Waals surface area contributed by atoms with Crippen LogP contribution in [0.2, 0.25) is 0 Å². The Kier molecular flexibility index (Phi) is 8.85. The summed E-state index contributed by atoms with van der Waals surface area (Å²) in [4.78, 5) is 49.7. The highest BCUT2D eigenvalue weighted by atomic mass is 16.6. The Morgan fingerprint density at radius 3 is 2.05 bits per heavy atom. The second-order valence-corrected chi connectivity index (χ2v) is 10.8. The molecule has 0 unspecified atom stereocenters. The van der Waals surface area contributed by atoms with Crippen molar-refractivity contribution in [2.75, 3.05) is 19.0 Å². The zero-order chi connectivity index (χ0) is 29.6. The molecule has 3 atom stereocenters. The molecule has 3 aromatic rings.